The van der Waals surface area contributed by atoms with Crippen molar-refractivity contribution in [2.24, 2.45) is 0 Å². The molecule has 1 aromatic heterocycles. The number of hydrogen-bond acceptors (Lipinski definition) is 5. The standard InChI is InChI=1S/C26H33ClN4O4/c1-35-18-17-31(24(33)11-6-10-23(32)30-22-9-4-5-16-28-22)25(19-12-14-20(27)15-13-19)26(34)29-21-7-2-3-8-21/h4-5,9,12-16,21,25H,2-3,6-8,10-11,17-18H2,1H3,(H,29,34)(H,28,30,32)/t25-/m0/s1. The van der Waals surface area contributed by atoms with Crippen LogP contribution in [-0.2, 0) is 19.1 Å². The lowest BCUT2D eigenvalue weighted by Crippen LogP contribution is -2.47. The summed E-state index contributed by atoms with van der Waals surface area (Å²) < 4.78 is 5.23. The lowest BCUT2D eigenvalue weighted by atomic mass is 10.0. The normalized spacial score (nSPS) is 14.3. The lowest BCUT2D eigenvalue weighted by Gasteiger charge is -2.32. The number of benzene rings is 1. The van der Waals surface area contributed by atoms with Crippen molar-refractivity contribution in [1.82, 2.24) is 15.2 Å². The first-order valence-corrected chi connectivity index (χ1v) is 12.4. The van der Waals surface area contributed by atoms with E-state index in [4.69, 9.17) is 16.3 Å². The number of nitrogens with zero attached hydrogens (tertiary/aromatic N) is 2. The first kappa shape index (κ1) is 26.6. The highest BCUT2D eigenvalue weighted by Crippen LogP contribution is 2.26. The molecule has 0 saturated heterocycles. The predicted molar refractivity (Wildman–Crippen MR) is 135 cm³/mol. The first-order valence-electron chi connectivity index (χ1n) is 12.0. The van der Waals surface area contributed by atoms with E-state index in [1.165, 1.54) is 0 Å². The van der Waals surface area contributed by atoms with Gasteiger partial charge in [0.15, 0.2) is 0 Å². The predicted octanol–water partition coefficient (Wildman–Crippen LogP) is 4.12. The van der Waals surface area contributed by atoms with Crippen LogP contribution in [0.3, 0.4) is 0 Å². The van der Waals surface area contributed by atoms with Crippen molar-refractivity contribution in [3.05, 3.63) is 59.2 Å². The molecule has 35 heavy (non-hydrogen) atoms. The Labute approximate surface area is 211 Å². The molecule has 8 nitrogen and oxygen atoms in total. The summed E-state index contributed by atoms with van der Waals surface area (Å²) in [5.41, 5.74) is 0.683. The van der Waals surface area contributed by atoms with Crippen molar-refractivity contribution >= 4 is 35.1 Å². The van der Waals surface area contributed by atoms with Crippen LogP contribution >= 0.6 is 11.6 Å². The molecule has 1 atom stereocenters. The summed E-state index contributed by atoms with van der Waals surface area (Å²) >= 11 is 6.07. The minimum absolute atomic E-state index is 0.118. The number of ether oxygens (including phenoxy) is 1. The van der Waals surface area contributed by atoms with Crippen LogP contribution in [0.25, 0.3) is 0 Å². The van der Waals surface area contributed by atoms with Gasteiger partial charge >= 0.3 is 0 Å². The fourth-order valence-electron chi connectivity index (χ4n) is 4.24. The fraction of sp³-hybridized carbons (Fsp3) is 0.462. The van der Waals surface area contributed by atoms with Gasteiger partial charge in [-0.2, -0.15) is 0 Å². The van der Waals surface area contributed by atoms with Gasteiger partial charge in [-0.3, -0.25) is 14.4 Å². The van der Waals surface area contributed by atoms with E-state index in [9.17, 15) is 14.4 Å². The minimum Gasteiger partial charge on any atom is -0.383 e. The van der Waals surface area contributed by atoms with Crippen molar-refractivity contribution in [2.75, 3.05) is 25.6 Å². The number of hydrogen-bond donors (Lipinski definition) is 2. The topological polar surface area (TPSA) is 101 Å². The number of nitrogens with one attached hydrogen (secondary N) is 2. The zero-order valence-electron chi connectivity index (χ0n) is 20.0. The third-order valence-electron chi connectivity index (χ3n) is 6.03. The molecular formula is C26H33ClN4O4. The SMILES string of the molecule is COCCN(C(=O)CCCC(=O)Nc1ccccn1)[C@H](C(=O)NC1CCCC1)c1ccc(Cl)cc1. The van der Waals surface area contributed by atoms with Gasteiger partial charge in [0, 0.05) is 43.8 Å². The molecule has 2 aromatic rings. The molecular weight excluding hydrogens is 468 g/mol. The maximum atomic E-state index is 13.4. The quantitative estimate of drug-likeness (QED) is 0.456. The van der Waals surface area contributed by atoms with Crippen LogP contribution in [0.1, 0.15) is 56.6 Å². The highest BCUT2D eigenvalue weighted by Gasteiger charge is 2.32. The van der Waals surface area contributed by atoms with E-state index in [-0.39, 0.29) is 49.8 Å². The number of pyridine rings is 1. The number of anilines is 1. The minimum atomic E-state index is -0.808. The van der Waals surface area contributed by atoms with Crippen LogP contribution in [0.15, 0.2) is 48.7 Å². The number of amides is 3. The highest BCUT2D eigenvalue weighted by molar-refractivity contribution is 6.30. The molecule has 3 amide bonds. The van der Waals surface area contributed by atoms with Gasteiger partial charge in [0.25, 0.3) is 0 Å². The number of rotatable bonds is 12. The van der Waals surface area contributed by atoms with Crippen molar-refractivity contribution in [1.29, 1.82) is 0 Å². The number of carbonyl (C=O) groups is 3. The molecule has 1 aliphatic carbocycles. The molecule has 0 unspecified atom stereocenters. The van der Waals surface area contributed by atoms with Gasteiger partial charge in [0.05, 0.1) is 6.61 Å². The molecule has 1 aromatic carbocycles. The Hall–Kier alpha value is -2.97. The van der Waals surface area contributed by atoms with Gasteiger partial charge in [0.2, 0.25) is 17.7 Å². The second-order valence-electron chi connectivity index (χ2n) is 8.64. The molecule has 1 fully saturated rings. The monoisotopic (exact) mass is 500 g/mol. The van der Waals surface area contributed by atoms with Crippen molar-refractivity contribution in [2.45, 2.75) is 57.0 Å². The van der Waals surface area contributed by atoms with Crippen LogP contribution in [0.5, 0.6) is 0 Å². The summed E-state index contributed by atoms with van der Waals surface area (Å²) in [6.45, 7) is 0.535. The summed E-state index contributed by atoms with van der Waals surface area (Å²) in [6.07, 6.45) is 6.29. The van der Waals surface area contributed by atoms with Crippen LogP contribution in [0.4, 0.5) is 5.82 Å². The molecule has 9 heteroatoms. The molecule has 188 valence electrons. The van der Waals surface area contributed by atoms with Gasteiger partial charge < -0.3 is 20.3 Å². The average Bonchev–Trinajstić information content (AvgIpc) is 3.36. The van der Waals surface area contributed by atoms with Crippen LogP contribution in [0.2, 0.25) is 5.02 Å². The van der Waals surface area contributed by atoms with E-state index in [1.54, 1.807) is 60.7 Å². The maximum absolute atomic E-state index is 13.4. The fourth-order valence-corrected chi connectivity index (χ4v) is 4.37. The van der Waals surface area contributed by atoms with Gasteiger partial charge in [-0.05, 0) is 49.1 Å². The Bertz CT molecular complexity index is 965. The van der Waals surface area contributed by atoms with Crippen LogP contribution in [0, 0.1) is 0 Å². The lowest BCUT2D eigenvalue weighted by molar-refractivity contribution is -0.142. The Morgan fingerprint density at radius 2 is 1.86 bits per heavy atom. The van der Waals surface area contributed by atoms with Crippen molar-refractivity contribution in [3.63, 3.8) is 0 Å². The van der Waals surface area contributed by atoms with E-state index >= 15 is 0 Å². The Kier molecular flexibility index (Phi) is 10.5. The van der Waals surface area contributed by atoms with Gasteiger partial charge in [0.1, 0.15) is 11.9 Å². The number of halogens is 1. The summed E-state index contributed by atoms with van der Waals surface area (Å²) in [5.74, 6) is -0.170. The van der Waals surface area contributed by atoms with E-state index in [0.717, 1.165) is 25.7 Å². The maximum Gasteiger partial charge on any atom is 0.247 e. The largest absolute Gasteiger partial charge is 0.383 e. The molecule has 1 saturated carbocycles. The Morgan fingerprint density at radius 1 is 1.11 bits per heavy atom. The smallest absolute Gasteiger partial charge is 0.247 e. The third kappa shape index (κ3) is 8.33. The van der Waals surface area contributed by atoms with E-state index in [2.05, 4.69) is 15.6 Å². The average molecular weight is 501 g/mol. The molecule has 0 aliphatic heterocycles. The van der Waals surface area contributed by atoms with E-state index in [0.29, 0.717) is 22.8 Å². The number of carbonyl (C=O) groups excluding carboxylic acids is 3. The molecule has 3 rings (SSSR count). The first-order chi connectivity index (χ1) is 17.0. The number of methoxy groups -OCH3 is 1. The van der Waals surface area contributed by atoms with Gasteiger partial charge in [-0.15, -0.1) is 0 Å². The zero-order valence-corrected chi connectivity index (χ0v) is 20.8. The second kappa shape index (κ2) is 13.8. The highest BCUT2D eigenvalue weighted by atomic mass is 35.5. The van der Waals surface area contributed by atoms with Crippen LogP contribution < -0.4 is 10.6 Å². The third-order valence-corrected chi connectivity index (χ3v) is 6.28. The van der Waals surface area contributed by atoms with Crippen molar-refractivity contribution in [3.8, 4) is 0 Å². The molecule has 1 aliphatic rings. The molecule has 0 radical (unpaired) electrons. The Balaban J connectivity index is 1.69. The number of aromatic nitrogens is 1. The molecule has 2 N–H and O–H groups in total. The second-order valence-corrected chi connectivity index (χ2v) is 9.08. The zero-order chi connectivity index (χ0) is 25.0. The Morgan fingerprint density at radius 3 is 2.51 bits per heavy atom. The summed E-state index contributed by atoms with van der Waals surface area (Å²) in [6, 6.07) is 11.5. The van der Waals surface area contributed by atoms with Gasteiger partial charge in [-0.1, -0.05) is 42.6 Å². The van der Waals surface area contributed by atoms with E-state index in [1.807, 2.05) is 0 Å². The van der Waals surface area contributed by atoms with Crippen LogP contribution in [-0.4, -0.2) is 53.9 Å². The summed E-state index contributed by atoms with van der Waals surface area (Å²) in [7, 11) is 1.56. The van der Waals surface area contributed by atoms with Gasteiger partial charge in [-0.25, -0.2) is 4.98 Å². The summed E-state index contributed by atoms with van der Waals surface area (Å²) in [5, 5.41) is 6.40. The summed E-state index contributed by atoms with van der Waals surface area (Å²) in [4.78, 5) is 44.6. The molecule has 1 heterocycles. The molecule has 0 spiro atoms. The van der Waals surface area contributed by atoms with E-state index < -0.39 is 6.04 Å². The molecule has 0 bridgehead atoms. The van der Waals surface area contributed by atoms with Crippen molar-refractivity contribution < 1.29 is 19.1 Å².